The lowest BCUT2D eigenvalue weighted by Gasteiger charge is -2.16. The minimum absolute atomic E-state index is 0.0694. The molecule has 0 radical (unpaired) electrons. The number of anilines is 1. The second-order valence-electron chi connectivity index (χ2n) is 6.77. The van der Waals surface area contributed by atoms with Crippen LogP contribution in [-0.4, -0.2) is 30.0 Å². The molecular weight excluding hydrogens is 451 g/mol. The van der Waals surface area contributed by atoms with Crippen LogP contribution in [-0.2, 0) is 14.3 Å². The van der Waals surface area contributed by atoms with Gasteiger partial charge >= 0.3 is 5.97 Å². The van der Waals surface area contributed by atoms with Crippen molar-refractivity contribution in [3.05, 3.63) is 86.3 Å². The highest BCUT2D eigenvalue weighted by atomic mass is 32.1. The number of rotatable bonds is 8. The predicted octanol–water partition coefficient (Wildman–Crippen LogP) is 4.92. The van der Waals surface area contributed by atoms with Crippen LogP contribution >= 0.6 is 11.3 Å². The van der Waals surface area contributed by atoms with Gasteiger partial charge in [0, 0.05) is 17.0 Å². The second kappa shape index (κ2) is 10.5. The zero-order valence-electron chi connectivity index (χ0n) is 17.6. The van der Waals surface area contributed by atoms with Gasteiger partial charge in [-0.25, -0.2) is 9.18 Å². The normalized spacial score (nSPS) is 12.0. The molecule has 8 nitrogen and oxygen atoms in total. The summed E-state index contributed by atoms with van der Waals surface area (Å²) in [6.45, 7) is 1.38. The molecule has 0 aliphatic rings. The van der Waals surface area contributed by atoms with Gasteiger partial charge in [0.15, 0.2) is 6.10 Å². The minimum Gasteiger partial charge on any atom is -0.495 e. The van der Waals surface area contributed by atoms with E-state index in [1.165, 1.54) is 61.8 Å². The van der Waals surface area contributed by atoms with Gasteiger partial charge < -0.3 is 14.8 Å². The number of halogens is 1. The predicted molar refractivity (Wildman–Crippen MR) is 122 cm³/mol. The third-order valence-corrected chi connectivity index (χ3v) is 5.40. The summed E-state index contributed by atoms with van der Waals surface area (Å²) in [7, 11) is 1.35. The lowest BCUT2D eigenvalue weighted by atomic mass is 10.1. The highest BCUT2D eigenvalue weighted by Crippen LogP contribution is 2.29. The largest absolute Gasteiger partial charge is 0.495 e. The van der Waals surface area contributed by atoms with E-state index in [0.717, 1.165) is 6.07 Å². The smallest absolute Gasteiger partial charge is 0.340 e. The number of nitrogens with zero attached hydrogens (tertiary/aromatic N) is 1. The first-order chi connectivity index (χ1) is 15.8. The third kappa shape index (κ3) is 6.01. The number of nitro benzene ring substituents is 1. The number of esters is 1. The summed E-state index contributed by atoms with van der Waals surface area (Å²) in [6, 6.07) is 12.8. The van der Waals surface area contributed by atoms with Crippen LogP contribution in [0.3, 0.4) is 0 Å². The van der Waals surface area contributed by atoms with E-state index >= 15 is 0 Å². The zero-order valence-corrected chi connectivity index (χ0v) is 18.4. The Kier molecular flexibility index (Phi) is 7.52. The molecular formula is C23H19FN2O6S. The van der Waals surface area contributed by atoms with E-state index in [2.05, 4.69) is 5.32 Å². The van der Waals surface area contributed by atoms with Gasteiger partial charge in [-0.15, -0.1) is 11.3 Å². The fourth-order valence-electron chi connectivity index (χ4n) is 2.81. The fraction of sp³-hybridized carbons (Fsp3) is 0.130. The molecule has 0 bridgehead atoms. The highest BCUT2D eigenvalue weighted by Gasteiger charge is 2.24. The van der Waals surface area contributed by atoms with E-state index in [1.54, 1.807) is 23.6 Å². The standard InChI is InChI=1S/C23H19FN2O6S/c1-14(22(27)25-19-13-17(26(29)30)9-10-20(19)31-2)32-23(28)18(21-4-3-11-33-21)12-15-5-7-16(24)8-6-15/h3-14H,1-2H3,(H,25,27). The van der Waals surface area contributed by atoms with E-state index < -0.39 is 28.7 Å². The topological polar surface area (TPSA) is 108 Å². The number of non-ortho nitro benzene ring substituents is 1. The van der Waals surface area contributed by atoms with Crippen molar-refractivity contribution >= 4 is 46.2 Å². The molecule has 0 saturated carbocycles. The van der Waals surface area contributed by atoms with E-state index in [-0.39, 0.29) is 22.7 Å². The number of carbonyl (C=O) groups excluding carboxylic acids is 2. The number of nitro groups is 1. The highest BCUT2D eigenvalue weighted by molar-refractivity contribution is 7.11. The van der Waals surface area contributed by atoms with Crippen LogP contribution in [0.5, 0.6) is 5.75 Å². The Hall–Kier alpha value is -4.05. The van der Waals surface area contributed by atoms with E-state index in [4.69, 9.17) is 9.47 Å². The maximum atomic E-state index is 13.2. The van der Waals surface area contributed by atoms with E-state index in [0.29, 0.717) is 10.4 Å². The van der Waals surface area contributed by atoms with Crippen LogP contribution in [0.1, 0.15) is 17.4 Å². The summed E-state index contributed by atoms with van der Waals surface area (Å²) in [6.07, 6.45) is 0.319. The molecule has 1 unspecified atom stereocenters. The molecule has 0 fully saturated rings. The van der Waals surface area contributed by atoms with Crippen molar-refractivity contribution < 1.29 is 28.4 Å². The molecule has 170 valence electrons. The van der Waals surface area contributed by atoms with Crippen molar-refractivity contribution in [3.8, 4) is 5.75 Å². The Balaban J connectivity index is 1.79. The first-order valence-corrected chi connectivity index (χ1v) is 10.5. The Bertz CT molecular complexity index is 1190. The second-order valence-corrected chi connectivity index (χ2v) is 7.71. The molecule has 3 aromatic rings. The van der Waals surface area contributed by atoms with Crippen molar-refractivity contribution in [1.29, 1.82) is 0 Å². The van der Waals surface area contributed by atoms with Gasteiger partial charge in [-0.1, -0.05) is 18.2 Å². The van der Waals surface area contributed by atoms with Gasteiger partial charge in [-0.2, -0.15) is 0 Å². The van der Waals surface area contributed by atoms with Crippen molar-refractivity contribution in [2.24, 2.45) is 0 Å². The number of carbonyl (C=O) groups is 2. The first kappa shape index (κ1) is 23.6. The summed E-state index contributed by atoms with van der Waals surface area (Å²) in [5.41, 5.74) is 0.609. The number of thiophene rings is 1. The monoisotopic (exact) mass is 470 g/mol. The maximum Gasteiger partial charge on any atom is 0.340 e. The number of amides is 1. The molecule has 33 heavy (non-hydrogen) atoms. The molecule has 1 N–H and O–H groups in total. The number of methoxy groups -OCH3 is 1. The number of benzene rings is 2. The minimum atomic E-state index is -1.22. The molecule has 1 amide bonds. The molecule has 3 rings (SSSR count). The average molecular weight is 470 g/mol. The number of hydrogen-bond donors (Lipinski definition) is 1. The molecule has 0 aliphatic carbocycles. The molecule has 0 saturated heterocycles. The lowest BCUT2D eigenvalue weighted by Crippen LogP contribution is -2.30. The molecule has 1 aromatic heterocycles. The molecule has 10 heteroatoms. The van der Waals surface area contributed by atoms with E-state index in [1.807, 2.05) is 0 Å². The molecule has 0 spiro atoms. The Morgan fingerprint density at radius 3 is 2.52 bits per heavy atom. The number of nitrogens with one attached hydrogen (secondary N) is 1. The average Bonchev–Trinajstić information content (AvgIpc) is 3.33. The first-order valence-electron chi connectivity index (χ1n) is 9.64. The quantitative estimate of drug-likeness (QED) is 0.217. The zero-order chi connectivity index (χ0) is 24.0. The Morgan fingerprint density at radius 1 is 1.18 bits per heavy atom. The van der Waals surface area contributed by atoms with Crippen molar-refractivity contribution in [1.82, 2.24) is 0 Å². The van der Waals surface area contributed by atoms with E-state index in [9.17, 15) is 24.1 Å². The van der Waals surface area contributed by atoms with Crippen LogP contribution < -0.4 is 10.1 Å². The van der Waals surface area contributed by atoms with Crippen LogP contribution in [0.4, 0.5) is 15.8 Å². The van der Waals surface area contributed by atoms with Gasteiger partial charge in [-0.05, 0) is 48.2 Å². The van der Waals surface area contributed by atoms with Gasteiger partial charge in [0.05, 0.1) is 23.3 Å². The van der Waals surface area contributed by atoms with Gasteiger partial charge in [0.1, 0.15) is 11.6 Å². The lowest BCUT2D eigenvalue weighted by molar-refractivity contribution is -0.384. The Morgan fingerprint density at radius 2 is 1.91 bits per heavy atom. The molecule has 0 aliphatic heterocycles. The summed E-state index contributed by atoms with van der Waals surface area (Å²) < 4.78 is 23.7. The van der Waals surface area contributed by atoms with Crippen LogP contribution in [0.2, 0.25) is 0 Å². The summed E-state index contributed by atoms with van der Waals surface area (Å²) in [5.74, 6) is -1.65. The van der Waals surface area contributed by atoms with Crippen LogP contribution in [0.25, 0.3) is 11.6 Å². The maximum absolute atomic E-state index is 13.2. The van der Waals surface area contributed by atoms with Gasteiger partial charge in [0.25, 0.3) is 11.6 Å². The van der Waals surface area contributed by atoms with Gasteiger partial charge in [-0.3, -0.25) is 14.9 Å². The van der Waals surface area contributed by atoms with Crippen LogP contribution in [0.15, 0.2) is 60.0 Å². The Labute approximate surface area is 192 Å². The SMILES string of the molecule is COc1ccc([N+](=O)[O-])cc1NC(=O)C(C)OC(=O)C(=Cc1ccc(F)cc1)c1cccs1. The van der Waals surface area contributed by atoms with Crippen LogP contribution in [0, 0.1) is 15.9 Å². The van der Waals surface area contributed by atoms with Gasteiger partial charge in [0.2, 0.25) is 0 Å². The molecule has 1 heterocycles. The van der Waals surface area contributed by atoms with Crippen molar-refractivity contribution in [3.63, 3.8) is 0 Å². The third-order valence-electron chi connectivity index (χ3n) is 4.49. The van der Waals surface area contributed by atoms with Crippen molar-refractivity contribution in [2.75, 3.05) is 12.4 Å². The summed E-state index contributed by atoms with van der Waals surface area (Å²) in [5, 5.41) is 15.3. The molecule has 2 aromatic carbocycles. The number of hydrogen-bond acceptors (Lipinski definition) is 7. The van der Waals surface area contributed by atoms with Crippen molar-refractivity contribution in [2.45, 2.75) is 13.0 Å². The number of ether oxygens (including phenoxy) is 2. The molecule has 1 atom stereocenters. The summed E-state index contributed by atoms with van der Waals surface area (Å²) >= 11 is 1.30. The summed E-state index contributed by atoms with van der Waals surface area (Å²) in [4.78, 5) is 36.6. The fourth-order valence-corrected chi connectivity index (χ4v) is 3.54.